The average Bonchev–Trinajstić information content (AvgIpc) is 2.82. The van der Waals surface area contributed by atoms with Crippen LogP contribution in [0.25, 0.3) is 0 Å². The number of ether oxygens (including phenoxy) is 1. The van der Waals surface area contributed by atoms with Gasteiger partial charge in [-0.1, -0.05) is 32.9 Å². The molecule has 0 saturated heterocycles. The number of hydrogen-bond acceptors (Lipinski definition) is 3. The Bertz CT molecular complexity index is 611. The second-order valence-corrected chi connectivity index (χ2v) is 6.39. The van der Waals surface area contributed by atoms with E-state index in [4.69, 9.17) is 10.5 Å². The predicted molar refractivity (Wildman–Crippen MR) is 85.8 cm³/mol. The van der Waals surface area contributed by atoms with E-state index in [0.717, 1.165) is 22.7 Å². The second kappa shape index (κ2) is 5.90. The summed E-state index contributed by atoms with van der Waals surface area (Å²) in [6, 6.07) is 10.2. The zero-order chi connectivity index (χ0) is 15.6. The van der Waals surface area contributed by atoms with Gasteiger partial charge in [0, 0.05) is 30.6 Å². The third kappa shape index (κ3) is 3.27. The molecule has 0 saturated carbocycles. The Morgan fingerprint density at radius 1 is 1.29 bits per heavy atom. The third-order valence-electron chi connectivity index (χ3n) is 3.77. The first-order valence-electron chi connectivity index (χ1n) is 7.25. The molecule has 0 aliphatic carbocycles. The van der Waals surface area contributed by atoms with Crippen molar-refractivity contribution < 1.29 is 4.74 Å². The minimum absolute atomic E-state index is 0.0313. The highest BCUT2D eigenvalue weighted by Gasteiger charge is 2.23. The minimum Gasteiger partial charge on any atom is -0.497 e. The second-order valence-electron chi connectivity index (χ2n) is 6.39. The van der Waals surface area contributed by atoms with Crippen molar-refractivity contribution in [3.63, 3.8) is 0 Å². The zero-order valence-electron chi connectivity index (χ0n) is 13.6. The Kier molecular flexibility index (Phi) is 4.37. The number of benzene rings is 1. The van der Waals surface area contributed by atoms with Crippen molar-refractivity contribution in [1.29, 1.82) is 0 Å². The summed E-state index contributed by atoms with van der Waals surface area (Å²) in [5.74, 6) is 0.970. The van der Waals surface area contributed by atoms with Gasteiger partial charge in [0.05, 0.1) is 12.8 Å². The molecule has 0 spiro atoms. The van der Waals surface area contributed by atoms with Gasteiger partial charge < -0.3 is 10.5 Å². The van der Waals surface area contributed by atoms with Gasteiger partial charge in [-0.2, -0.15) is 5.10 Å². The largest absolute Gasteiger partial charge is 0.497 e. The predicted octanol–water partition coefficient (Wildman–Crippen LogP) is 2.82. The summed E-state index contributed by atoms with van der Waals surface area (Å²) in [5, 5.41) is 4.65. The van der Waals surface area contributed by atoms with Gasteiger partial charge in [0.2, 0.25) is 0 Å². The summed E-state index contributed by atoms with van der Waals surface area (Å²) in [6.07, 6.45) is 0. The molecule has 1 aromatic carbocycles. The van der Waals surface area contributed by atoms with Crippen LogP contribution in [0.15, 0.2) is 30.3 Å². The van der Waals surface area contributed by atoms with Crippen molar-refractivity contribution in [1.82, 2.24) is 9.78 Å². The van der Waals surface area contributed by atoms with Crippen LogP contribution in [0, 0.1) is 0 Å². The highest BCUT2D eigenvalue weighted by Crippen LogP contribution is 2.29. The van der Waals surface area contributed by atoms with Gasteiger partial charge in [-0.3, -0.25) is 4.68 Å². The van der Waals surface area contributed by atoms with Crippen molar-refractivity contribution in [3.8, 4) is 5.75 Å². The van der Waals surface area contributed by atoms with Crippen molar-refractivity contribution in [3.05, 3.63) is 47.3 Å². The van der Waals surface area contributed by atoms with Gasteiger partial charge in [0.15, 0.2) is 0 Å². The lowest BCUT2D eigenvalue weighted by atomic mass is 9.90. The van der Waals surface area contributed by atoms with Gasteiger partial charge in [-0.25, -0.2) is 0 Å². The molecule has 1 heterocycles. The monoisotopic (exact) mass is 287 g/mol. The van der Waals surface area contributed by atoms with E-state index in [1.165, 1.54) is 0 Å². The van der Waals surface area contributed by atoms with Crippen LogP contribution in [-0.4, -0.2) is 23.4 Å². The molecular formula is C17H25N3O. The molecule has 0 bridgehead atoms. The molecule has 0 aliphatic rings. The molecule has 1 aromatic heterocycles. The van der Waals surface area contributed by atoms with E-state index in [-0.39, 0.29) is 11.3 Å². The molecule has 0 radical (unpaired) electrons. The number of aromatic nitrogens is 2. The van der Waals surface area contributed by atoms with Crippen LogP contribution in [0.2, 0.25) is 0 Å². The summed E-state index contributed by atoms with van der Waals surface area (Å²) in [4.78, 5) is 0. The van der Waals surface area contributed by atoms with E-state index in [0.29, 0.717) is 6.54 Å². The molecule has 1 atom stereocenters. The number of methoxy groups -OCH3 is 1. The zero-order valence-corrected chi connectivity index (χ0v) is 13.6. The lowest BCUT2D eigenvalue weighted by Gasteiger charge is -2.16. The fourth-order valence-corrected chi connectivity index (χ4v) is 2.46. The van der Waals surface area contributed by atoms with Gasteiger partial charge >= 0.3 is 0 Å². The molecule has 2 rings (SSSR count). The maximum Gasteiger partial charge on any atom is 0.119 e. The topological polar surface area (TPSA) is 53.1 Å². The van der Waals surface area contributed by atoms with E-state index < -0.39 is 0 Å². The molecule has 1 unspecified atom stereocenters. The normalized spacial score (nSPS) is 13.2. The summed E-state index contributed by atoms with van der Waals surface area (Å²) in [5.41, 5.74) is 9.44. The SMILES string of the molecule is COc1cccc(C(CN)c2cc(C(C)(C)C)nn2C)c1. The summed E-state index contributed by atoms with van der Waals surface area (Å²) < 4.78 is 7.25. The van der Waals surface area contributed by atoms with Crippen LogP contribution in [-0.2, 0) is 12.5 Å². The first-order valence-corrected chi connectivity index (χ1v) is 7.25. The van der Waals surface area contributed by atoms with Crippen molar-refractivity contribution in [2.45, 2.75) is 32.1 Å². The lowest BCUT2D eigenvalue weighted by Crippen LogP contribution is -2.17. The lowest BCUT2D eigenvalue weighted by molar-refractivity contribution is 0.414. The molecule has 0 fully saturated rings. The van der Waals surface area contributed by atoms with Gasteiger partial charge in [0.1, 0.15) is 5.75 Å². The van der Waals surface area contributed by atoms with Gasteiger partial charge in [-0.15, -0.1) is 0 Å². The maximum absolute atomic E-state index is 6.03. The van der Waals surface area contributed by atoms with E-state index in [1.54, 1.807) is 7.11 Å². The first-order chi connectivity index (χ1) is 9.86. The highest BCUT2D eigenvalue weighted by molar-refractivity contribution is 5.36. The van der Waals surface area contributed by atoms with Crippen molar-refractivity contribution >= 4 is 0 Å². The Morgan fingerprint density at radius 3 is 2.52 bits per heavy atom. The van der Waals surface area contributed by atoms with E-state index in [9.17, 15) is 0 Å². The van der Waals surface area contributed by atoms with Crippen LogP contribution < -0.4 is 10.5 Å². The smallest absolute Gasteiger partial charge is 0.119 e. The molecule has 2 N–H and O–H groups in total. The number of rotatable bonds is 4. The molecule has 21 heavy (non-hydrogen) atoms. The molecule has 4 nitrogen and oxygen atoms in total. The van der Waals surface area contributed by atoms with E-state index in [2.05, 4.69) is 38.0 Å². The van der Waals surface area contributed by atoms with E-state index >= 15 is 0 Å². The van der Waals surface area contributed by atoms with Crippen LogP contribution >= 0.6 is 0 Å². The van der Waals surface area contributed by atoms with Crippen LogP contribution in [0.5, 0.6) is 5.75 Å². The summed E-state index contributed by atoms with van der Waals surface area (Å²) >= 11 is 0. The molecular weight excluding hydrogens is 262 g/mol. The Morgan fingerprint density at radius 2 is 2.00 bits per heavy atom. The molecule has 114 valence electrons. The maximum atomic E-state index is 6.03. The molecule has 0 aliphatic heterocycles. The quantitative estimate of drug-likeness (QED) is 0.940. The summed E-state index contributed by atoms with van der Waals surface area (Å²) in [6.45, 7) is 7.04. The average molecular weight is 287 g/mol. The Balaban J connectivity index is 2.44. The van der Waals surface area contributed by atoms with Crippen molar-refractivity contribution in [2.24, 2.45) is 12.8 Å². The first kappa shape index (κ1) is 15.6. The number of nitrogens with two attached hydrogens (primary N) is 1. The fourth-order valence-electron chi connectivity index (χ4n) is 2.46. The van der Waals surface area contributed by atoms with Crippen LogP contribution in [0.1, 0.15) is 43.6 Å². The minimum atomic E-state index is 0.0313. The fraction of sp³-hybridized carbons (Fsp3) is 0.471. The molecule has 4 heteroatoms. The van der Waals surface area contributed by atoms with Gasteiger partial charge in [-0.05, 0) is 23.8 Å². The number of nitrogens with zero attached hydrogens (tertiary/aromatic N) is 2. The molecule has 0 amide bonds. The third-order valence-corrected chi connectivity index (χ3v) is 3.77. The number of aryl methyl sites for hydroxylation is 1. The Hall–Kier alpha value is -1.81. The van der Waals surface area contributed by atoms with Crippen LogP contribution in [0.3, 0.4) is 0 Å². The van der Waals surface area contributed by atoms with Gasteiger partial charge in [0.25, 0.3) is 0 Å². The van der Waals surface area contributed by atoms with E-state index in [1.807, 2.05) is 29.9 Å². The van der Waals surface area contributed by atoms with Crippen LogP contribution in [0.4, 0.5) is 0 Å². The summed E-state index contributed by atoms with van der Waals surface area (Å²) in [7, 11) is 3.66. The van der Waals surface area contributed by atoms with Crippen molar-refractivity contribution in [2.75, 3.05) is 13.7 Å². The molecule has 2 aromatic rings. The number of hydrogen-bond donors (Lipinski definition) is 1. The Labute approximate surface area is 126 Å². The highest BCUT2D eigenvalue weighted by atomic mass is 16.5. The standard InChI is InChI=1S/C17H25N3O/c1-17(2,3)16-10-15(20(4)19-16)14(11-18)12-7-6-8-13(9-12)21-5/h6-10,14H,11,18H2,1-5H3.